The van der Waals surface area contributed by atoms with Crippen LogP contribution in [0.3, 0.4) is 0 Å². The minimum atomic E-state index is -0.833. The second-order valence-corrected chi connectivity index (χ2v) is 21.7. The highest BCUT2D eigenvalue weighted by Gasteiger charge is 2.43. The van der Waals surface area contributed by atoms with Crippen molar-refractivity contribution in [1.29, 1.82) is 5.26 Å². The third-order valence-corrected chi connectivity index (χ3v) is 16.3. The monoisotopic (exact) mass is 1170 g/mol. The molecule has 6 heterocycles. The molecule has 2 fully saturated rings. The Morgan fingerprint density at radius 1 is 0.928 bits per heavy atom. The number of amides is 4. The first-order chi connectivity index (χ1) is 40.1. The van der Waals surface area contributed by atoms with E-state index in [0.29, 0.717) is 80.9 Å². The number of nitrogens with zero attached hydrogens (tertiary/aromatic N) is 9. The molecular weight excluding hydrogens is 1100 g/mol. The lowest BCUT2D eigenvalue weighted by molar-refractivity contribution is -0.138. The number of aliphatic imine (C=N–C) groups is 1. The van der Waals surface area contributed by atoms with E-state index in [4.69, 9.17) is 34.4 Å². The molecule has 0 spiro atoms. The van der Waals surface area contributed by atoms with Gasteiger partial charge in [0.1, 0.15) is 35.9 Å². The summed E-state index contributed by atoms with van der Waals surface area (Å²) in [7, 11) is 3.29. The van der Waals surface area contributed by atoms with Crippen LogP contribution in [0.2, 0.25) is 0 Å². The van der Waals surface area contributed by atoms with Crippen LogP contribution in [-0.4, -0.2) is 198 Å². The van der Waals surface area contributed by atoms with Gasteiger partial charge in [0.15, 0.2) is 17.3 Å². The molecule has 1 unspecified atom stereocenters. The fourth-order valence-electron chi connectivity index (χ4n) is 10.4. The molecule has 5 atom stereocenters. The number of halogens is 2. The Morgan fingerprint density at radius 3 is 2.31 bits per heavy atom. The van der Waals surface area contributed by atoms with E-state index in [0.717, 1.165) is 43.8 Å². The highest BCUT2D eigenvalue weighted by atomic mass is 32.2. The van der Waals surface area contributed by atoms with E-state index < -0.39 is 41.8 Å². The van der Waals surface area contributed by atoms with Crippen LogP contribution in [0.1, 0.15) is 89.7 Å². The van der Waals surface area contributed by atoms with E-state index in [9.17, 15) is 38.0 Å². The molecule has 4 amide bonds. The van der Waals surface area contributed by atoms with Crippen LogP contribution in [-0.2, 0) is 46.4 Å². The quantitative estimate of drug-likeness (QED) is 0.0517. The van der Waals surface area contributed by atoms with Gasteiger partial charge in [-0.05, 0) is 108 Å². The van der Waals surface area contributed by atoms with Gasteiger partial charge in [0.2, 0.25) is 17.7 Å². The van der Waals surface area contributed by atoms with Gasteiger partial charge in [-0.2, -0.15) is 10.4 Å². The fourth-order valence-corrected chi connectivity index (χ4v) is 11.6. The van der Waals surface area contributed by atoms with Crippen molar-refractivity contribution in [3.05, 3.63) is 88.4 Å². The van der Waals surface area contributed by atoms with Crippen molar-refractivity contribution in [2.24, 2.45) is 10.9 Å². The minimum absolute atomic E-state index is 0.0169. The number of thioether (sulfide) groups is 1. The predicted octanol–water partition coefficient (Wildman–Crippen LogP) is 3.56. The number of hydrogen-bond donors (Lipinski definition) is 4. The number of nitrogens with one attached hydrogen (secondary N) is 3. The number of likely N-dealkylation sites (N-methyl/N-ethyl adjacent to an activating group) is 1. The number of piperidine rings is 1. The van der Waals surface area contributed by atoms with Crippen LogP contribution >= 0.6 is 11.8 Å². The molecule has 26 heteroatoms. The third-order valence-electron chi connectivity index (χ3n) is 15.1. The van der Waals surface area contributed by atoms with E-state index in [1.807, 2.05) is 4.90 Å². The topological polar surface area (TPSA) is 283 Å². The number of carbonyl (C=O) groups excluding carboxylic acids is 5. The number of nitrogens with two attached hydrogens (primary N) is 1. The second kappa shape index (κ2) is 30.0. The first-order valence-corrected chi connectivity index (χ1v) is 29.0. The summed E-state index contributed by atoms with van der Waals surface area (Å²) in [6, 6.07) is 9.31. The molecule has 4 aliphatic rings. The maximum Gasteiger partial charge on any atom is 0.258 e. The van der Waals surface area contributed by atoms with Gasteiger partial charge in [0, 0.05) is 55.5 Å². The summed E-state index contributed by atoms with van der Waals surface area (Å²) in [5.74, 6) is -1.90. The number of fused-ring (bicyclic) bond motifs is 5. The number of Topliss-reactive ketones (excluding diaryl/α,β-unsaturated/α-hetero) is 1. The number of likely N-dealkylation sites (tertiary alicyclic amines) is 2. The molecule has 0 aliphatic carbocycles. The molecular formula is C57H73F2N13O10S. The lowest BCUT2D eigenvalue weighted by Crippen LogP contribution is -2.58. The molecule has 8 rings (SSSR count). The molecule has 83 heavy (non-hydrogen) atoms. The number of nitrogen functional groups attached to an aromatic ring is 1. The summed E-state index contributed by atoms with van der Waals surface area (Å²) in [5, 5.41) is 24.3. The van der Waals surface area contributed by atoms with Crippen molar-refractivity contribution in [1.82, 2.24) is 50.4 Å². The van der Waals surface area contributed by atoms with Gasteiger partial charge in [-0.15, -0.1) is 11.8 Å². The molecule has 23 nitrogen and oxygen atoms in total. The molecule has 0 radical (unpaired) electrons. The maximum absolute atomic E-state index is 14.5. The number of carbonyl (C=O) groups is 5. The van der Waals surface area contributed by atoms with E-state index in [1.54, 1.807) is 27.9 Å². The molecule has 4 aromatic rings. The van der Waals surface area contributed by atoms with Gasteiger partial charge < -0.3 is 60.1 Å². The van der Waals surface area contributed by atoms with E-state index >= 15 is 0 Å². The highest BCUT2D eigenvalue weighted by molar-refractivity contribution is 8.14. The Bertz CT molecular complexity index is 2990. The number of ether oxygens (including phenoxy) is 5. The lowest BCUT2D eigenvalue weighted by atomic mass is 9.88. The number of anilines is 1. The molecule has 2 aromatic carbocycles. The Labute approximate surface area is 485 Å². The van der Waals surface area contributed by atoms with Gasteiger partial charge in [-0.3, -0.25) is 33.6 Å². The molecule has 2 aromatic heterocycles. The number of aromatic nitrogens is 4. The van der Waals surface area contributed by atoms with Gasteiger partial charge in [0.25, 0.3) is 11.8 Å². The standard InChI is InChI=1S/C57H73F2N13O10S/c1-35(62-3)53(75)67-50(57(77)71-17-5-6-46(71)55-66-45(34-83-55)51(74)38-7-9-39(58)10-8-38)37-13-18-70(19-14-37)21-23-79-25-27-81-29-28-80-26-24-78-22-15-48(73)63-16-20-72-47-33-69(4)56(76)41-12-11-40(59)30-42(41)36(2)82-54-52(61)64-32-44(65-54)49(47)43(31-60)68-72/h7-12,30,32,35-37,45-46,50,62H,5-6,13-29,33-34H2,1-4H3,(H2,61,64)(H,63,73)(H,67,75)/t35-,36+,45?,46-,50-/m0/s1. The first-order valence-electron chi connectivity index (χ1n) is 28.1. The van der Waals surface area contributed by atoms with Crippen LogP contribution in [0.4, 0.5) is 14.6 Å². The molecule has 4 aliphatic heterocycles. The Hall–Kier alpha value is -6.99. The number of ketones is 1. The van der Waals surface area contributed by atoms with Crippen molar-refractivity contribution in [2.75, 3.05) is 111 Å². The third kappa shape index (κ3) is 16.2. The molecule has 0 saturated carbocycles. The largest absolute Gasteiger partial charge is 0.467 e. The van der Waals surface area contributed by atoms with Crippen LogP contribution in [0.5, 0.6) is 5.88 Å². The Morgan fingerprint density at radius 2 is 1.61 bits per heavy atom. The van der Waals surface area contributed by atoms with Crippen LogP contribution < -0.4 is 26.4 Å². The summed E-state index contributed by atoms with van der Waals surface area (Å²) in [5.41, 5.74) is 8.04. The summed E-state index contributed by atoms with van der Waals surface area (Å²) in [4.78, 5) is 86.6. The lowest BCUT2D eigenvalue weighted by Gasteiger charge is -2.38. The number of benzene rings is 2. The summed E-state index contributed by atoms with van der Waals surface area (Å²) < 4.78 is 58.3. The van der Waals surface area contributed by atoms with Crippen molar-refractivity contribution < 1.29 is 56.4 Å². The molecule has 446 valence electrons. The smallest absolute Gasteiger partial charge is 0.258 e. The Kier molecular flexibility index (Phi) is 22.4. The maximum atomic E-state index is 14.5. The highest BCUT2D eigenvalue weighted by Crippen LogP contribution is 2.35. The number of hydrogen-bond acceptors (Lipinski definition) is 19. The number of nitriles is 1. The Balaban J connectivity index is 0.686. The molecule has 5 N–H and O–H groups in total. The predicted molar refractivity (Wildman–Crippen MR) is 303 cm³/mol. The van der Waals surface area contributed by atoms with Crippen molar-refractivity contribution >= 4 is 52.0 Å². The SMILES string of the molecule is CN[C@@H](C)C(=O)N[C@H](C(=O)N1CCC[C@H]1C1=NC(C(=O)c2ccc(F)cc2)CS1)C1CCN(CCOCCOCCOCCOCCC(=O)NCCn2nc(C#N)c3c2CN(C)C(=O)c2ccc(F)cc2[C@@H](C)Oc2nc-3cnc2N)CC1. The normalized spacial score (nSPS) is 19.1. The summed E-state index contributed by atoms with van der Waals surface area (Å²) >= 11 is 1.49. The van der Waals surface area contributed by atoms with Crippen molar-refractivity contribution in [3.8, 4) is 23.2 Å². The average Bonchev–Trinajstić information content (AvgIpc) is 4.45. The van der Waals surface area contributed by atoms with E-state index in [-0.39, 0.29) is 103 Å². The molecule has 2 saturated heterocycles. The zero-order chi connectivity index (χ0) is 59.0. The second-order valence-electron chi connectivity index (χ2n) is 20.7. The zero-order valence-electron chi connectivity index (χ0n) is 47.3. The fraction of sp³-hybridized carbons (Fsp3) is 0.544. The van der Waals surface area contributed by atoms with Crippen LogP contribution in [0, 0.1) is 28.9 Å². The van der Waals surface area contributed by atoms with Crippen LogP contribution in [0.15, 0.2) is 53.7 Å². The van der Waals surface area contributed by atoms with E-state index in [1.165, 1.54) is 70.0 Å². The summed E-state index contributed by atoms with van der Waals surface area (Å²) in [6.07, 6.45) is 3.58. The van der Waals surface area contributed by atoms with Crippen molar-refractivity contribution in [3.63, 3.8) is 0 Å². The first kappa shape index (κ1) is 62.1. The van der Waals surface area contributed by atoms with Gasteiger partial charge in [-0.25, -0.2) is 18.7 Å². The van der Waals surface area contributed by atoms with Crippen molar-refractivity contribution in [2.45, 2.75) is 89.3 Å². The van der Waals surface area contributed by atoms with Crippen LogP contribution in [0.25, 0.3) is 11.3 Å². The van der Waals surface area contributed by atoms with Gasteiger partial charge in [-0.1, -0.05) is 0 Å². The number of rotatable bonds is 26. The average molecular weight is 1170 g/mol. The zero-order valence-corrected chi connectivity index (χ0v) is 48.1. The van der Waals surface area contributed by atoms with E-state index in [2.05, 4.69) is 42.0 Å². The molecule has 2 bridgehead atoms. The minimum Gasteiger partial charge on any atom is -0.467 e. The van der Waals surface area contributed by atoms with Gasteiger partial charge >= 0.3 is 0 Å². The summed E-state index contributed by atoms with van der Waals surface area (Å²) in [6.45, 7) is 9.18. The van der Waals surface area contributed by atoms with Gasteiger partial charge in [0.05, 0.1) is 106 Å².